The van der Waals surface area contributed by atoms with Crippen LogP contribution in [0.3, 0.4) is 0 Å². The first kappa shape index (κ1) is 22.8. The van der Waals surface area contributed by atoms with Gasteiger partial charge >= 0.3 is 51.4 Å². The number of hydrogen-bond acceptors (Lipinski definition) is 4. The molecule has 6 heteroatoms. The van der Waals surface area contributed by atoms with Gasteiger partial charge in [0.25, 0.3) is 0 Å². The number of aliphatic hydroxyl groups is 1. The maximum atomic E-state index is 11.2. The summed E-state index contributed by atoms with van der Waals surface area (Å²) in [6, 6.07) is 0. The predicted molar refractivity (Wildman–Crippen MR) is 72.4 cm³/mol. The summed E-state index contributed by atoms with van der Waals surface area (Å²) >= 11 is 0. The van der Waals surface area contributed by atoms with E-state index >= 15 is 0 Å². The standard InChI is InChI=1S/C13H28O4S.K/c1-3-5-7-9-11-13(18(15,16)17)12(14)10-8-6-4-2;/h12-14H,3-11H2,1-2H3,(H,15,16,17);/q;+1/p-1. The average Bonchev–Trinajstić information content (AvgIpc) is 2.27. The molecule has 19 heavy (non-hydrogen) atoms. The van der Waals surface area contributed by atoms with Gasteiger partial charge < -0.3 is 9.66 Å². The van der Waals surface area contributed by atoms with Crippen LogP contribution in [0.2, 0.25) is 0 Å². The van der Waals surface area contributed by atoms with E-state index in [9.17, 15) is 18.1 Å². The van der Waals surface area contributed by atoms with Gasteiger partial charge in [0.05, 0.1) is 11.4 Å². The van der Waals surface area contributed by atoms with Crippen molar-refractivity contribution in [1.29, 1.82) is 0 Å². The second kappa shape index (κ2) is 13.2. The molecule has 0 aromatic heterocycles. The van der Waals surface area contributed by atoms with Gasteiger partial charge in [-0.3, -0.25) is 0 Å². The number of rotatable bonds is 11. The number of unbranched alkanes of at least 4 members (excludes halogenated alkanes) is 5. The summed E-state index contributed by atoms with van der Waals surface area (Å²) in [5, 5.41) is 8.73. The van der Waals surface area contributed by atoms with Crippen molar-refractivity contribution < 1.29 is 69.5 Å². The Hall–Kier alpha value is 1.51. The van der Waals surface area contributed by atoms with E-state index in [1.54, 1.807) is 0 Å². The average molecular weight is 319 g/mol. The van der Waals surface area contributed by atoms with E-state index in [1.165, 1.54) is 0 Å². The van der Waals surface area contributed by atoms with Gasteiger partial charge in [0.15, 0.2) is 0 Å². The van der Waals surface area contributed by atoms with Gasteiger partial charge in [0.1, 0.15) is 10.1 Å². The Morgan fingerprint density at radius 2 is 1.42 bits per heavy atom. The Balaban J connectivity index is 0. The molecule has 0 aliphatic heterocycles. The van der Waals surface area contributed by atoms with Crippen LogP contribution in [0.4, 0.5) is 0 Å². The van der Waals surface area contributed by atoms with E-state index in [4.69, 9.17) is 0 Å². The van der Waals surface area contributed by atoms with Gasteiger partial charge in [-0.15, -0.1) is 0 Å². The van der Waals surface area contributed by atoms with E-state index in [0.29, 0.717) is 19.3 Å². The van der Waals surface area contributed by atoms with Crippen LogP contribution in [0.15, 0.2) is 0 Å². The largest absolute Gasteiger partial charge is 1.00 e. The molecule has 2 atom stereocenters. The van der Waals surface area contributed by atoms with Gasteiger partial charge in [-0.25, -0.2) is 8.42 Å². The fourth-order valence-electron chi connectivity index (χ4n) is 2.09. The molecular formula is C13H27KO4S. The second-order valence-corrected chi connectivity index (χ2v) is 6.53. The summed E-state index contributed by atoms with van der Waals surface area (Å²) in [6.45, 7) is 4.11. The van der Waals surface area contributed by atoms with E-state index < -0.39 is 21.5 Å². The van der Waals surface area contributed by atoms with Crippen molar-refractivity contribution in [2.45, 2.75) is 83.0 Å². The van der Waals surface area contributed by atoms with Gasteiger partial charge in [-0.1, -0.05) is 58.8 Å². The van der Waals surface area contributed by atoms with Crippen LogP contribution in [-0.2, 0) is 10.1 Å². The van der Waals surface area contributed by atoms with Crippen LogP contribution in [-0.4, -0.2) is 29.4 Å². The number of hydrogen-bond donors (Lipinski definition) is 1. The first-order valence-corrected chi connectivity index (χ1v) is 8.53. The monoisotopic (exact) mass is 318 g/mol. The maximum absolute atomic E-state index is 11.2. The molecular weight excluding hydrogens is 291 g/mol. The molecule has 0 aliphatic rings. The minimum atomic E-state index is -4.39. The predicted octanol–water partition coefficient (Wildman–Crippen LogP) is -0.184. The van der Waals surface area contributed by atoms with Gasteiger partial charge in [0, 0.05) is 0 Å². The smallest absolute Gasteiger partial charge is 0.748 e. The molecule has 0 saturated heterocycles. The molecule has 0 saturated carbocycles. The van der Waals surface area contributed by atoms with Gasteiger partial charge in [-0.05, 0) is 12.8 Å². The fourth-order valence-corrected chi connectivity index (χ4v) is 3.07. The van der Waals surface area contributed by atoms with E-state index in [-0.39, 0.29) is 51.4 Å². The van der Waals surface area contributed by atoms with Crippen LogP contribution in [0.5, 0.6) is 0 Å². The summed E-state index contributed by atoms with van der Waals surface area (Å²) in [5.41, 5.74) is 0. The molecule has 2 unspecified atom stereocenters. The molecule has 0 heterocycles. The Bertz CT molecular complexity index is 293. The second-order valence-electron chi connectivity index (χ2n) is 4.94. The molecule has 0 spiro atoms. The molecule has 0 fully saturated rings. The minimum absolute atomic E-state index is 0. The zero-order valence-electron chi connectivity index (χ0n) is 12.6. The molecule has 0 radical (unpaired) electrons. The van der Waals surface area contributed by atoms with Crippen LogP contribution >= 0.6 is 0 Å². The first-order chi connectivity index (χ1) is 8.43. The Labute approximate surface area is 160 Å². The summed E-state index contributed by atoms with van der Waals surface area (Å²) in [4.78, 5) is 0. The molecule has 1 N–H and O–H groups in total. The quantitative estimate of drug-likeness (QED) is 0.326. The maximum Gasteiger partial charge on any atom is 1.00 e. The molecule has 110 valence electrons. The van der Waals surface area contributed by atoms with Crippen molar-refractivity contribution in [3.8, 4) is 0 Å². The summed E-state index contributed by atoms with van der Waals surface area (Å²) in [7, 11) is -4.39. The molecule has 0 aliphatic carbocycles. The van der Waals surface area contributed by atoms with Crippen LogP contribution in [0, 0.1) is 0 Å². The third-order valence-electron chi connectivity index (χ3n) is 3.25. The minimum Gasteiger partial charge on any atom is -0.748 e. The molecule has 0 aromatic rings. The SMILES string of the molecule is CCCCCCC(C(O)CCCCC)S(=O)(=O)[O-].[K+]. The van der Waals surface area contributed by atoms with Gasteiger partial charge in [-0.2, -0.15) is 0 Å². The zero-order chi connectivity index (χ0) is 14.0. The topological polar surface area (TPSA) is 77.4 Å². The third-order valence-corrected chi connectivity index (χ3v) is 4.54. The normalized spacial score (nSPS) is 14.7. The van der Waals surface area contributed by atoms with Crippen molar-refractivity contribution >= 4 is 10.1 Å². The summed E-state index contributed by atoms with van der Waals surface area (Å²) in [5.74, 6) is 0. The van der Waals surface area contributed by atoms with Crippen molar-refractivity contribution in [3.63, 3.8) is 0 Å². The third kappa shape index (κ3) is 11.8. The Kier molecular flexibility index (Phi) is 15.8. The Morgan fingerprint density at radius 3 is 1.89 bits per heavy atom. The van der Waals surface area contributed by atoms with Gasteiger partial charge in [0.2, 0.25) is 0 Å². The van der Waals surface area contributed by atoms with E-state index in [0.717, 1.165) is 38.5 Å². The number of aliphatic hydroxyl groups excluding tert-OH is 1. The van der Waals surface area contributed by atoms with Crippen molar-refractivity contribution in [1.82, 2.24) is 0 Å². The molecule has 0 rings (SSSR count). The van der Waals surface area contributed by atoms with Crippen molar-refractivity contribution in [2.24, 2.45) is 0 Å². The van der Waals surface area contributed by atoms with Crippen LogP contribution < -0.4 is 51.4 Å². The molecule has 0 amide bonds. The van der Waals surface area contributed by atoms with E-state index in [1.807, 2.05) is 6.92 Å². The molecule has 0 aromatic carbocycles. The zero-order valence-corrected chi connectivity index (χ0v) is 16.5. The molecule has 4 nitrogen and oxygen atoms in total. The fraction of sp³-hybridized carbons (Fsp3) is 1.00. The van der Waals surface area contributed by atoms with E-state index in [2.05, 4.69) is 6.92 Å². The summed E-state index contributed by atoms with van der Waals surface area (Å²) in [6.07, 6.45) is 6.17. The van der Waals surface area contributed by atoms with Crippen molar-refractivity contribution in [3.05, 3.63) is 0 Å². The first-order valence-electron chi connectivity index (χ1n) is 7.06. The summed E-state index contributed by atoms with van der Waals surface area (Å²) < 4.78 is 33.5. The molecule has 0 bridgehead atoms. The van der Waals surface area contributed by atoms with Crippen LogP contribution in [0.25, 0.3) is 0 Å². The Morgan fingerprint density at radius 1 is 0.947 bits per heavy atom. The van der Waals surface area contributed by atoms with Crippen LogP contribution in [0.1, 0.15) is 71.6 Å². The van der Waals surface area contributed by atoms with Crippen molar-refractivity contribution in [2.75, 3.05) is 0 Å².